The highest BCUT2D eigenvalue weighted by atomic mass is 35.5. The van der Waals surface area contributed by atoms with Gasteiger partial charge in [-0.1, -0.05) is 54.1 Å². The molecule has 0 unspecified atom stereocenters. The second-order valence-corrected chi connectivity index (χ2v) is 8.65. The molecule has 0 saturated carbocycles. The lowest BCUT2D eigenvalue weighted by molar-refractivity contribution is 0.100. The average molecular weight is 468 g/mol. The third-order valence-electron chi connectivity index (χ3n) is 5.99. The van der Waals surface area contributed by atoms with Crippen molar-refractivity contribution in [3.05, 3.63) is 88.9 Å². The van der Waals surface area contributed by atoms with Gasteiger partial charge >= 0.3 is 0 Å². The number of β-amino-alcohol motifs (C(OH)–C–C–N with tert-alkyl or cyclic N) is 1. The molecule has 0 radical (unpaired) electrons. The second-order valence-electron chi connectivity index (χ2n) is 8.25. The maximum atomic E-state index is 10.8. The van der Waals surface area contributed by atoms with Crippen LogP contribution in [0.25, 0.3) is 0 Å². The lowest BCUT2D eigenvalue weighted by Gasteiger charge is -2.44. The van der Waals surface area contributed by atoms with Crippen molar-refractivity contribution in [2.24, 2.45) is 0 Å². The van der Waals surface area contributed by atoms with E-state index in [1.807, 2.05) is 54.6 Å². The van der Waals surface area contributed by atoms with Crippen LogP contribution in [0.1, 0.15) is 23.3 Å². The smallest absolute Gasteiger partial charge is 0.121 e. The zero-order chi connectivity index (χ0) is 23.2. The van der Waals surface area contributed by atoms with Gasteiger partial charge in [-0.25, -0.2) is 0 Å². The van der Waals surface area contributed by atoms with E-state index in [0.717, 1.165) is 30.9 Å². The van der Waals surface area contributed by atoms with E-state index in [0.29, 0.717) is 23.0 Å². The molecule has 0 aromatic heterocycles. The number of hydrogen-bond donors (Lipinski definition) is 3. The quantitative estimate of drug-likeness (QED) is 0.436. The molecule has 3 aromatic rings. The van der Waals surface area contributed by atoms with Crippen molar-refractivity contribution in [1.29, 1.82) is 0 Å². The number of aliphatic hydroxyl groups is 2. The number of hydrogen-bond acceptors (Lipinski definition) is 6. The first-order valence-corrected chi connectivity index (χ1v) is 11.5. The van der Waals surface area contributed by atoms with Crippen LogP contribution in [0.5, 0.6) is 5.75 Å². The third kappa shape index (κ3) is 5.78. The second kappa shape index (κ2) is 10.9. The largest absolute Gasteiger partial charge is 0.491 e. The van der Waals surface area contributed by atoms with E-state index in [2.05, 4.69) is 21.9 Å². The lowest BCUT2D eigenvalue weighted by atomic mass is 10.00. The molecule has 0 bridgehead atoms. The minimum atomic E-state index is -0.583. The van der Waals surface area contributed by atoms with Gasteiger partial charge in [-0.3, -0.25) is 4.90 Å². The van der Waals surface area contributed by atoms with Gasteiger partial charge < -0.3 is 25.6 Å². The van der Waals surface area contributed by atoms with Crippen LogP contribution in [-0.4, -0.2) is 54.5 Å². The molecule has 1 aliphatic rings. The van der Waals surface area contributed by atoms with Crippen molar-refractivity contribution >= 4 is 23.0 Å². The van der Waals surface area contributed by atoms with E-state index in [9.17, 15) is 5.11 Å². The summed E-state index contributed by atoms with van der Waals surface area (Å²) in [6.07, 6.45) is -0.583. The monoisotopic (exact) mass is 467 g/mol. The highest BCUT2D eigenvalue weighted by Crippen LogP contribution is 2.37. The maximum absolute atomic E-state index is 10.8. The third-order valence-corrected chi connectivity index (χ3v) is 6.29. The molecule has 3 aromatic carbocycles. The Balaban J connectivity index is 1.54. The fourth-order valence-corrected chi connectivity index (χ4v) is 4.58. The average Bonchev–Trinajstić information content (AvgIpc) is 2.84. The van der Waals surface area contributed by atoms with Gasteiger partial charge in [-0.2, -0.15) is 0 Å². The Kier molecular flexibility index (Phi) is 7.73. The van der Waals surface area contributed by atoms with Gasteiger partial charge in [0.05, 0.1) is 29.5 Å². The van der Waals surface area contributed by atoms with E-state index in [1.54, 1.807) is 6.07 Å². The molecule has 33 heavy (non-hydrogen) atoms. The SMILES string of the molecule is Nc1ccc([C@H](O)CN2CCN(c3ccc(OCCO)cc3Cl)[C@H](c3ccccc3)C2)cc1. The van der Waals surface area contributed by atoms with Gasteiger partial charge in [0.25, 0.3) is 0 Å². The number of halogens is 1. The van der Waals surface area contributed by atoms with Crippen LogP contribution in [0.4, 0.5) is 11.4 Å². The molecule has 1 saturated heterocycles. The van der Waals surface area contributed by atoms with Crippen LogP contribution in [-0.2, 0) is 0 Å². The number of nitrogens with two attached hydrogens (primary N) is 1. The molecule has 6 nitrogen and oxygen atoms in total. The number of nitrogen functional groups attached to an aromatic ring is 1. The highest BCUT2D eigenvalue weighted by Gasteiger charge is 2.30. The topological polar surface area (TPSA) is 82.2 Å². The van der Waals surface area contributed by atoms with Crippen LogP contribution in [0.3, 0.4) is 0 Å². The number of anilines is 2. The Hall–Kier alpha value is -2.77. The summed E-state index contributed by atoms with van der Waals surface area (Å²) in [5, 5.41) is 20.4. The normalized spacial score (nSPS) is 17.7. The molecule has 0 aliphatic carbocycles. The molecule has 0 spiro atoms. The van der Waals surface area contributed by atoms with Crippen LogP contribution in [0, 0.1) is 0 Å². The maximum Gasteiger partial charge on any atom is 0.121 e. The standard InChI is InChI=1S/C26H30ClN3O3/c27-23-16-22(33-15-14-31)10-11-24(23)30-13-12-29(17-25(30)19-4-2-1-3-5-19)18-26(32)20-6-8-21(28)9-7-20/h1-11,16,25-26,31-32H,12-15,17-18,28H2/t25-,26+/m0/s1. The van der Waals surface area contributed by atoms with Gasteiger partial charge in [0, 0.05) is 37.9 Å². The Morgan fingerprint density at radius 1 is 1.03 bits per heavy atom. The zero-order valence-electron chi connectivity index (χ0n) is 18.5. The summed E-state index contributed by atoms with van der Waals surface area (Å²) >= 11 is 6.66. The first-order chi connectivity index (χ1) is 16.0. The zero-order valence-corrected chi connectivity index (χ0v) is 19.2. The summed E-state index contributed by atoms with van der Waals surface area (Å²) in [5.74, 6) is 0.638. The Bertz CT molecular complexity index is 1030. The fourth-order valence-electron chi connectivity index (χ4n) is 4.30. The van der Waals surface area contributed by atoms with E-state index >= 15 is 0 Å². The Labute approximate surface area is 199 Å². The first-order valence-electron chi connectivity index (χ1n) is 11.2. The van der Waals surface area contributed by atoms with Crippen molar-refractivity contribution in [2.75, 3.05) is 50.0 Å². The summed E-state index contributed by atoms with van der Waals surface area (Å²) in [7, 11) is 0. The highest BCUT2D eigenvalue weighted by molar-refractivity contribution is 6.33. The van der Waals surface area contributed by atoms with Crippen LogP contribution < -0.4 is 15.4 Å². The molecule has 4 N–H and O–H groups in total. The predicted octanol–water partition coefficient (Wildman–Crippen LogP) is 3.89. The number of nitrogens with zero attached hydrogens (tertiary/aromatic N) is 2. The van der Waals surface area contributed by atoms with Gasteiger partial charge in [-0.15, -0.1) is 0 Å². The molecular weight excluding hydrogens is 438 g/mol. The lowest BCUT2D eigenvalue weighted by Crippen LogP contribution is -2.49. The van der Waals surface area contributed by atoms with Crippen LogP contribution in [0.15, 0.2) is 72.8 Å². The number of rotatable bonds is 8. The minimum absolute atomic E-state index is 0.0420. The summed E-state index contributed by atoms with van der Waals surface area (Å²) in [6, 6.07) is 23.5. The number of aliphatic hydroxyl groups excluding tert-OH is 2. The van der Waals surface area contributed by atoms with E-state index < -0.39 is 6.10 Å². The number of benzene rings is 3. The fraction of sp³-hybridized carbons (Fsp3) is 0.308. The number of piperazine rings is 1. The Morgan fingerprint density at radius 2 is 1.79 bits per heavy atom. The molecule has 1 heterocycles. The van der Waals surface area contributed by atoms with Crippen molar-refractivity contribution < 1.29 is 14.9 Å². The molecule has 4 rings (SSSR count). The molecular formula is C26H30ClN3O3. The molecule has 1 aliphatic heterocycles. The first kappa shape index (κ1) is 23.4. The summed E-state index contributed by atoms with van der Waals surface area (Å²) < 4.78 is 5.50. The Morgan fingerprint density at radius 3 is 2.48 bits per heavy atom. The molecule has 174 valence electrons. The van der Waals surface area contributed by atoms with Crippen LogP contribution >= 0.6 is 11.6 Å². The summed E-state index contributed by atoms with van der Waals surface area (Å²) in [4.78, 5) is 4.61. The van der Waals surface area contributed by atoms with Crippen molar-refractivity contribution in [3.63, 3.8) is 0 Å². The van der Waals surface area contributed by atoms with Crippen molar-refractivity contribution in [1.82, 2.24) is 4.90 Å². The van der Waals surface area contributed by atoms with Crippen LogP contribution in [0.2, 0.25) is 5.02 Å². The predicted molar refractivity (Wildman–Crippen MR) is 133 cm³/mol. The molecule has 1 fully saturated rings. The summed E-state index contributed by atoms with van der Waals surface area (Å²) in [5.41, 5.74) is 9.48. The summed E-state index contributed by atoms with van der Waals surface area (Å²) in [6.45, 7) is 3.06. The van der Waals surface area contributed by atoms with Gasteiger partial charge in [0.1, 0.15) is 12.4 Å². The minimum Gasteiger partial charge on any atom is -0.491 e. The van der Waals surface area contributed by atoms with Gasteiger partial charge in [0.15, 0.2) is 0 Å². The van der Waals surface area contributed by atoms with E-state index in [-0.39, 0.29) is 19.3 Å². The van der Waals surface area contributed by atoms with Gasteiger partial charge in [-0.05, 0) is 35.4 Å². The molecule has 2 atom stereocenters. The van der Waals surface area contributed by atoms with Crippen molar-refractivity contribution in [2.45, 2.75) is 12.1 Å². The van der Waals surface area contributed by atoms with E-state index in [4.69, 9.17) is 27.2 Å². The van der Waals surface area contributed by atoms with Gasteiger partial charge in [0.2, 0.25) is 0 Å². The van der Waals surface area contributed by atoms with Crippen molar-refractivity contribution in [3.8, 4) is 5.75 Å². The molecule has 7 heteroatoms. The van der Waals surface area contributed by atoms with E-state index in [1.165, 1.54) is 5.56 Å². The molecule has 0 amide bonds. The number of ether oxygens (including phenoxy) is 1.